The predicted molar refractivity (Wildman–Crippen MR) is 123 cm³/mol. The van der Waals surface area contributed by atoms with Gasteiger partial charge in [-0.25, -0.2) is 0 Å². The molecule has 0 aliphatic carbocycles. The summed E-state index contributed by atoms with van der Waals surface area (Å²) < 4.78 is 39.0. The number of aromatic nitrogens is 1. The number of benzene rings is 3. The van der Waals surface area contributed by atoms with Crippen LogP contribution in [0.5, 0.6) is 0 Å². The molecule has 1 heterocycles. The second kappa shape index (κ2) is 8.89. The molecule has 3 aromatic carbocycles. The number of rotatable bonds is 6. The number of nitrogens with two attached hydrogens (primary N) is 1. The first kappa shape index (κ1) is 21.6. The predicted octanol–water partition coefficient (Wildman–Crippen LogP) is 5.68. The van der Waals surface area contributed by atoms with E-state index in [0.29, 0.717) is 23.4 Å². The van der Waals surface area contributed by atoms with E-state index >= 15 is 0 Å². The molecule has 160 valence electrons. The third-order valence-corrected chi connectivity index (χ3v) is 5.30. The first-order chi connectivity index (χ1) is 15.4. The fraction of sp³-hybridized carbons (Fsp3) is 0.120. The number of aryl methyl sites for hydroxylation is 1. The summed E-state index contributed by atoms with van der Waals surface area (Å²) in [6.45, 7) is 7.59. The summed E-state index contributed by atoms with van der Waals surface area (Å²) in [5, 5.41) is 4.08. The minimum absolute atomic E-state index is 0.161. The van der Waals surface area contributed by atoms with Crippen LogP contribution in [0.1, 0.15) is 16.7 Å². The van der Waals surface area contributed by atoms with Crippen molar-refractivity contribution >= 4 is 12.6 Å². The molecule has 4 rings (SSSR count). The Labute approximate surface area is 185 Å². The molecule has 0 aliphatic heterocycles. The monoisotopic (exact) mass is 430 g/mol. The van der Waals surface area contributed by atoms with Crippen LogP contribution in [-0.4, -0.2) is 19.2 Å². The molecule has 0 spiro atoms. The van der Waals surface area contributed by atoms with Crippen molar-refractivity contribution in [3.8, 4) is 33.5 Å². The van der Waals surface area contributed by atoms with Crippen molar-refractivity contribution in [3.05, 3.63) is 89.5 Å². The van der Waals surface area contributed by atoms with Crippen molar-refractivity contribution in [2.24, 2.45) is 5.73 Å². The van der Waals surface area contributed by atoms with Crippen LogP contribution in [0.2, 0.25) is 0 Å². The van der Waals surface area contributed by atoms with Gasteiger partial charge in [-0.1, -0.05) is 0 Å². The Balaban J connectivity index is 1.71. The van der Waals surface area contributed by atoms with Crippen LogP contribution >= 0.6 is 0 Å². The molecular formula is C25H21BF2N2O2. The molecule has 1 aromatic heterocycles. The number of hydrogen-bond donors (Lipinski definition) is 1. The van der Waals surface area contributed by atoms with Gasteiger partial charge in [0.1, 0.15) is 0 Å². The van der Waals surface area contributed by atoms with Crippen molar-refractivity contribution in [2.75, 3.05) is 7.11 Å². The summed E-state index contributed by atoms with van der Waals surface area (Å²) in [6, 6.07) is 15.1. The molecule has 4 aromatic rings. The summed E-state index contributed by atoms with van der Waals surface area (Å²) in [5.41, 5.74) is 11.9. The van der Waals surface area contributed by atoms with Gasteiger partial charge in [0.15, 0.2) is 0 Å². The van der Waals surface area contributed by atoms with Crippen LogP contribution in [-0.2, 0) is 11.3 Å². The first-order valence-corrected chi connectivity index (χ1v) is 9.97. The Morgan fingerprint density at radius 1 is 1.06 bits per heavy atom. The van der Waals surface area contributed by atoms with Gasteiger partial charge in [-0.3, -0.25) is 0 Å². The quantitative estimate of drug-likeness (QED) is 0.428. The van der Waals surface area contributed by atoms with E-state index in [2.05, 4.69) is 11.7 Å². The second-order valence-corrected chi connectivity index (χ2v) is 7.56. The van der Waals surface area contributed by atoms with Crippen molar-refractivity contribution in [2.45, 2.75) is 13.5 Å². The van der Waals surface area contributed by atoms with Gasteiger partial charge in [0.25, 0.3) is 0 Å². The maximum atomic E-state index is 14.3. The van der Waals surface area contributed by atoms with Gasteiger partial charge >= 0.3 is 185 Å². The topological polar surface area (TPSA) is 61.3 Å². The molecule has 4 nitrogen and oxygen atoms in total. The molecule has 0 radical (unpaired) electrons. The molecule has 0 saturated carbocycles. The Morgan fingerprint density at radius 2 is 1.84 bits per heavy atom. The van der Waals surface area contributed by atoms with Crippen LogP contribution in [0.25, 0.3) is 39.2 Å². The van der Waals surface area contributed by atoms with Crippen LogP contribution in [0.4, 0.5) is 8.78 Å². The van der Waals surface area contributed by atoms with E-state index in [0.717, 1.165) is 27.8 Å². The molecule has 7 heteroatoms. The van der Waals surface area contributed by atoms with Gasteiger partial charge in [-0.05, 0) is 0 Å². The van der Waals surface area contributed by atoms with E-state index in [4.69, 9.17) is 15.0 Å². The van der Waals surface area contributed by atoms with Gasteiger partial charge in [-0.15, -0.1) is 0 Å². The zero-order valence-corrected chi connectivity index (χ0v) is 17.8. The van der Waals surface area contributed by atoms with E-state index in [1.54, 1.807) is 32.2 Å². The normalized spacial score (nSPS) is 10.9. The minimum atomic E-state index is -0.475. The number of nitrogens with zero attached hydrogens (tertiary/aromatic N) is 1. The maximum absolute atomic E-state index is 14.3. The van der Waals surface area contributed by atoms with E-state index in [-0.39, 0.29) is 17.1 Å². The fourth-order valence-corrected chi connectivity index (χ4v) is 3.65. The van der Waals surface area contributed by atoms with Crippen molar-refractivity contribution in [3.63, 3.8) is 0 Å². The zero-order chi connectivity index (χ0) is 22.8. The van der Waals surface area contributed by atoms with Crippen molar-refractivity contribution < 1.29 is 18.0 Å². The van der Waals surface area contributed by atoms with E-state index < -0.39 is 5.82 Å². The number of ether oxygens (including phenoxy) is 1. The summed E-state index contributed by atoms with van der Waals surface area (Å²) in [5.74, 6) is -0.772. The van der Waals surface area contributed by atoms with Gasteiger partial charge < -0.3 is 0 Å². The molecule has 32 heavy (non-hydrogen) atoms. The summed E-state index contributed by atoms with van der Waals surface area (Å²) >= 11 is 0. The van der Waals surface area contributed by atoms with Crippen LogP contribution in [0.15, 0.2) is 65.7 Å². The van der Waals surface area contributed by atoms with E-state index in [1.807, 2.05) is 25.1 Å². The van der Waals surface area contributed by atoms with Crippen molar-refractivity contribution in [1.82, 2.24) is 5.16 Å². The first-order valence-electron chi connectivity index (χ1n) is 9.97. The molecule has 0 amide bonds. The van der Waals surface area contributed by atoms with E-state index in [1.165, 1.54) is 18.2 Å². The molecule has 2 N–H and O–H groups in total. The van der Waals surface area contributed by atoms with Gasteiger partial charge in [0.05, 0.1) is 0 Å². The van der Waals surface area contributed by atoms with E-state index in [9.17, 15) is 8.78 Å². The third kappa shape index (κ3) is 4.25. The molecular weight excluding hydrogens is 409 g/mol. The van der Waals surface area contributed by atoms with Gasteiger partial charge in [-0.2, -0.15) is 0 Å². The summed E-state index contributed by atoms with van der Waals surface area (Å²) in [7, 11) is 1.61. The fourth-order valence-electron chi connectivity index (χ4n) is 3.65. The molecule has 0 aliphatic rings. The van der Waals surface area contributed by atoms with Gasteiger partial charge in [0, 0.05) is 0 Å². The number of methoxy groups -OCH3 is 1. The Bertz CT molecular complexity index is 1320. The van der Waals surface area contributed by atoms with Gasteiger partial charge in [0.2, 0.25) is 0 Å². The molecule has 0 atom stereocenters. The van der Waals surface area contributed by atoms with Crippen molar-refractivity contribution in [1.29, 1.82) is 0 Å². The number of hydrogen-bond acceptors (Lipinski definition) is 4. The Hall–Kier alpha value is -3.58. The summed E-state index contributed by atoms with van der Waals surface area (Å²) in [4.78, 5) is 0. The summed E-state index contributed by atoms with van der Waals surface area (Å²) in [6.07, 6.45) is 0. The molecule has 0 bridgehead atoms. The Kier molecular flexibility index (Phi) is 6.01. The zero-order valence-electron chi connectivity index (χ0n) is 17.8. The molecule has 0 saturated heterocycles. The standard InChI is InChI=1S/C25H21BF2N2O2/c1-14-4-7-19(27)12-22(14)21-9-6-17(10-18(21)13-31-3)25-26-24(30-32-25)16-5-8-20(15(2)29)23(28)11-16/h4-12H,2,13,29H2,1,3H3. The molecule has 0 unspecified atom stereocenters. The second-order valence-electron chi connectivity index (χ2n) is 7.56. The third-order valence-electron chi connectivity index (χ3n) is 5.30. The average molecular weight is 430 g/mol. The van der Waals surface area contributed by atoms with Crippen LogP contribution in [0, 0.1) is 18.6 Å². The molecule has 0 fully saturated rings. The SMILES string of the molecule is C=C(N)c1ccc(-c2bc(-c3ccc(-c4cc(F)ccc4C)c(COC)c3)on2)cc1F. The Morgan fingerprint density at radius 3 is 2.56 bits per heavy atom. The van der Waals surface area contributed by atoms with Crippen LogP contribution in [0.3, 0.4) is 0 Å². The average Bonchev–Trinajstić information content (AvgIpc) is 3.26. The van der Waals surface area contributed by atoms with Crippen LogP contribution < -0.4 is 5.73 Å². The number of halogens is 2.